The van der Waals surface area contributed by atoms with Gasteiger partial charge in [-0.2, -0.15) is 5.10 Å². The molecule has 1 aliphatic rings. The van der Waals surface area contributed by atoms with Crippen LogP contribution in [0.3, 0.4) is 0 Å². The minimum atomic E-state index is -0.732. The Bertz CT molecular complexity index is 968. The van der Waals surface area contributed by atoms with E-state index < -0.39 is 11.8 Å². The molecule has 1 N–H and O–H groups in total. The number of nitrogens with zero attached hydrogens (tertiary/aromatic N) is 4. The lowest BCUT2D eigenvalue weighted by atomic mass is 10.1. The highest BCUT2D eigenvalue weighted by Gasteiger charge is 2.24. The molecule has 0 bridgehead atoms. The van der Waals surface area contributed by atoms with Gasteiger partial charge in [0.2, 0.25) is 5.95 Å². The van der Waals surface area contributed by atoms with E-state index in [0.717, 1.165) is 18.5 Å². The van der Waals surface area contributed by atoms with E-state index in [9.17, 15) is 9.18 Å². The molecule has 26 heavy (non-hydrogen) atoms. The first-order chi connectivity index (χ1) is 12.7. The topological polar surface area (TPSA) is 81.9 Å². The van der Waals surface area contributed by atoms with Crippen molar-refractivity contribution in [1.29, 1.82) is 0 Å². The molecule has 1 saturated carbocycles. The van der Waals surface area contributed by atoms with E-state index >= 15 is 0 Å². The van der Waals surface area contributed by atoms with Crippen LogP contribution >= 0.6 is 0 Å². The number of halogens is 1. The van der Waals surface area contributed by atoms with Gasteiger partial charge in [-0.15, -0.1) is 0 Å². The summed E-state index contributed by atoms with van der Waals surface area (Å²) >= 11 is 0. The second-order valence-electron chi connectivity index (χ2n) is 5.99. The van der Waals surface area contributed by atoms with Crippen molar-refractivity contribution in [2.75, 3.05) is 12.4 Å². The van der Waals surface area contributed by atoms with Crippen molar-refractivity contribution in [3.8, 4) is 11.3 Å². The maximum atomic E-state index is 14.7. The van der Waals surface area contributed by atoms with Crippen molar-refractivity contribution in [3.05, 3.63) is 54.2 Å². The molecule has 0 spiro atoms. The molecular formula is C18H16FN5O2. The third kappa shape index (κ3) is 3.13. The average Bonchev–Trinajstić information content (AvgIpc) is 3.41. The fraction of sp³-hybridized carbons (Fsp3) is 0.222. The van der Waals surface area contributed by atoms with Crippen LogP contribution in [0.5, 0.6) is 0 Å². The minimum Gasteiger partial charge on any atom is -0.465 e. The lowest BCUT2D eigenvalue weighted by Crippen LogP contribution is -2.06. The molecule has 4 rings (SSSR count). The Morgan fingerprint density at radius 1 is 1.35 bits per heavy atom. The summed E-state index contributed by atoms with van der Waals surface area (Å²) in [5, 5.41) is 7.36. The van der Waals surface area contributed by atoms with Crippen LogP contribution in [-0.4, -0.2) is 32.8 Å². The molecule has 0 saturated heterocycles. The molecule has 132 valence electrons. The van der Waals surface area contributed by atoms with Gasteiger partial charge in [0.05, 0.1) is 36.3 Å². The highest BCUT2D eigenvalue weighted by Crippen LogP contribution is 2.34. The fourth-order valence-electron chi connectivity index (χ4n) is 2.64. The Balaban J connectivity index is 1.62. The SMILES string of the molecule is COC(=O)c1cccc(-c2ccnc(Nc3cnn(C4CC4)c3)n2)c1F. The van der Waals surface area contributed by atoms with E-state index in [2.05, 4.69) is 25.1 Å². The van der Waals surface area contributed by atoms with Crippen molar-refractivity contribution in [3.63, 3.8) is 0 Å². The number of ether oxygens (including phenoxy) is 1. The predicted molar refractivity (Wildman–Crippen MR) is 92.5 cm³/mol. The normalized spacial score (nSPS) is 13.5. The second kappa shape index (κ2) is 6.55. The number of anilines is 2. The van der Waals surface area contributed by atoms with Crippen molar-refractivity contribution < 1.29 is 13.9 Å². The molecule has 2 aromatic heterocycles. The van der Waals surface area contributed by atoms with Gasteiger partial charge in [0.1, 0.15) is 5.82 Å². The maximum Gasteiger partial charge on any atom is 0.340 e. The third-order valence-electron chi connectivity index (χ3n) is 4.11. The number of nitrogens with one attached hydrogen (secondary N) is 1. The Morgan fingerprint density at radius 2 is 2.19 bits per heavy atom. The van der Waals surface area contributed by atoms with Gasteiger partial charge >= 0.3 is 5.97 Å². The smallest absolute Gasteiger partial charge is 0.340 e. The van der Waals surface area contributed by atoms with Crippen LogP contribution in [0.15, 0.2) is 42.9 Å². The number of hydrogen-bond acceptors (Lipinski definition) is 6. The van der Waals surface area contributed by atoms with Gasteiger partial charge in [-0.25, -0.2) is 19.2 Å². The summed E-state index contributed by atoms with van der Waals surface area (Å²) in [6.45, 7) is 0. The first kappa shape index (κ1) is 16.2. The van der Waals surface area contributed by atoms with E-state index in [1.54, 1.807) is 24.4 Å². The summed E-state index contributed by atoms with van der Waals surface area (Å²) in [5.41, 5.74) is 1.19. The molecule has 7 nitrogen and oxygen atoms in total. The zero-order valence-corrected chi connectivity index (χ0v) is 14.0. The van der Waals surface area contributed by atoms with E-state index in [4.69, 9.17) is 0 Å². The van der Waals surface area contributed by atoms with Gasteiger partial charge in [0, 0.05) is 18.0 Å². The number of benzene rings is 1. The summed E-state index contributed by atoms with van der Waals surface area (Å²) in [4.78, 5) is 20.2. The summed E-state index contributed by atoms with van der Waals surface area (Å²) in [5.74, 6) is -1.09. The number of aromatic nitrogens is 4. The maximum absolute atomic E-state index is 14.7. The van der Waals surface area contributed by atoms with Crippen molar-refractivity contribution in [1.82, 2.24) is 19.7 Å². The van der Waals surface area contributed by atoms with E-state index in [1.807, 2.05) is 10.9 Å². The standard InChI is InChI=1S/C18H16FN5O2/c1-26-17(25)14-4-2-3-13(16(14)19)15-7-8-20-18(23-15)22-11-9-21-24(10-11)12-5-6-12/h2-4,7-10,12H,5-6H2,1H3,(H,20,22,23). The lowest BCUT2D eigenvalue weighted by molar-refractivity contribution is 0.0595. The summed E-state index contributed by atoms with van der Waals surface area (Å²) < 4.78 is 21.2. The van der Waals surface area contributed by atoms with E-state index in [-0.39, 0.29) is 11.1 Å². The van der Waals surface area contributed by atoms with Crippen molar-refractivity contribution in [2.24, 2.45) is 0 Å². The van der Waals surface area contributed by atoms with Crippen molar-refractivity contribution in [2.45, 2.75) is 18.9 Å². The molecule has 2 heterocycles. The highest BCUT2D eigenvalue weighted by molar-refractivity contribution is 5.91. The molecule has 0 radical (unpaired) electrons. The van der Waals surface area contributed by atoms with Crippen LogP contribution < -0.4 is 5.32 Å². The zero-order valence-electron chi connectivity index (χ0n) is 14.0. The Hall–Kier alpha value is -3.29. The Labute approximate surface area is 148 Å². The molecule has 1 aliphatic carbocycles. The lowest BCUT2D eigenvalue weighted by Gasteiger charge is -2.08. The number of hydrogen-bond donors (Lipinski definition) is 1. The zero-order chi connectivity index (χ0) is 18.1. The molecule has 0 unspecified atom stereocenters. The number of carbonyl (C=O) groups is 1. The first-order valence-corrected chi connectivity index (χ1v) is 8.17. The van der Waals surface area contributed by atoms with Gasteiger partial charge < -0.3 is 10.1 Å². The number of rotatable bonds is 5. The molecular weight excluding hydrogens is 337 g/mol. The molecule has 3 aromatic rings. The van der Waals surface area contributed by atoms with Crippen LogP contribution in [-0.2, 0) is 4.74 Å². The molecule has 1 aromatic carbocycles. The molecule has 0 amide bonds. The van der Waals surface area contributed by atoms with Gasteiger partial charge in [-0.1, -0.05) is 6.07 Å². The second-order valence-corrected chi connectivity index (χ2v) is 5.99. The highest BCUT2D eigenvalue weighted by atomic mass is 19.1. The molecule has 0 aliphatic heterocycles. The van der Waals surface area contributed by atoms with E-state index in [1.165, 1.54) is 19.4 Å². The molecule has 8 heteroatoms. The van der Waals surface area contributed by atoms with Crippen LogP contribution in [0.25, 0.3) is 11.3 Å². The minimum absolute atomic E-state index is 0.135. The van der Waals surface area contributed by atoms with Gasteiger partial charge in [-0.05, 0) is 31.0 Å². The average molecular weight is 353 g/mol. The summed E-state index contributed by atoms with van der Waals surface area (Å²) in [6, 6.07) is 6.57. The number of methoxy groups -OCH3 is 1. The van der Waals surface area contributed by atoms with Crippen LogP contribution in [0.2, 0.25) is 0 Å². The van der Waals surface area contributed by atoms with Crippen LogP contribution in [0.1, 0.15) is 29.2 Å². The number of carbonyl (C=O) groups excluding carboxylic acids is 1. The quantitative estimate of drug-likeness (QED) is 0.709. The Morgan fingerprint density at radius 3 is 2.96 bits per heavy atom. The predicted octanol–water partition coefficient (Wildman–Crippen LogP) is 3.34. The van der Waals surface area contributed by atoms with Gasteiger partial charge in [0.25, 0.3) is 0 Å². The number of esters is 1. The summed E-state index contributed by atoms with van der Waals surface area (Å²) in [6.07, 6.45) is 7.41. The third-order valence-corrected chi connectivity index (χ3v) is 4.11. The Kier molecular flexibility index (Phi) is 4.08. The largest absolute Gasteiger partial charge is 0.465 e. The summed E-state index contributed by atoms with van der Waals surface area (Å²) in [7, 11) is 1.21. The van der Waals surface area contributed by atoms with Crippen LogP contribution in [0.4, 0.5) is 16.0 Å². The van der Waals surface area contributed by atoms with Gasteiger partial charge in [0.15, 0.2) is 0 Å². The molecule has 0 atom stereocenters. The van der Waals surface area contributed by atoms with Gasteiger partial charge in [-0.3, -0.25) is 4.68 Å². The monoisotopic (exact) mass is 353 g/mol. The van der Waals surface area contributed by atoms with E-state index in [0.29, 0.717) is 17.7 Å². The first-order valence-electron chi connectivity index (χ1n) is 8.17. The molecule has 1 fully saturated rings. The van der Waals surface area contributed by atoms with Crippen LogP contribution in [0, 0.1) is 5.82 Å². The van der Waals surface area contributed by atoms with Crippen molar-refractivity contribution >= 4 is 17.6 Å². The fourth-order valence-corrected chi connectivity index (χ4v) is 2.64.